The molecule has 0 aromatic heterocycles. The molecule has 0 aliphatic carbocycles. The Hall–Kier alpha value is -1.89. The Morgan fingerprint density at radius 1 is 1.14 bits per heavy atom. The van der Waals surface area contributed by atoms with Crippen LogP contribution in [0, 0.1) is 0 Å². The fraction of sp³-hybridized carbons (Fsp3) is 0.429. The minimum atomic E-state index is -3.03. The van der Waals surface area contributed by atoms with Gasteiger partial charge in [0.25, 0.3) is 0 Å². The van der Waals surface area contributed by atoms with Gasteiger partial charge in [-0.3, -0.25) is 9.59 Å². The summed E-state index contributed by atoms with van der Waals surface area (Å²) in [4.78, 5) is 23.3. The predicted molar refractivity (Wildman–Crippen MR) is 78.1 cm³/mol. The second-order valence-electron chi connectivity index (χ2n) is 5.11. The number of hydrogen-bond donors (Lipinski definition) is 2. The maximum Gasteiger partial charge on any atom is 0.229 e. The Morgan fingerprint density at radius 2 is 1.86 bits per heavy atom. The zero-order valence-electron chi connectivity index (χ0n) is 11.5. The Bertz CT molecular complexity index is 613. The maximum atomic E-state index is 11.7. The molecule has 1 aromatic carbocycles. The molecule has 0 saturated carbocycles. The number of benzene rings is 1. The Labute approximate surface area is 123 Å². The van der Waals surface area contributed by atoms with Crippen LogP contribution in [0.25, 0.3) is 0 Å². The van der Waals surface area contributed by atoms with Gasteiger partial charge in [-0.2, -0.15) is 0 Å². The standard InChI is InChI=1S/C14H18N2O4S/c17-13(15-9-11-4-2-1-3-5-11)8-14(18)16-12-6-7-21(19,20)10-12/h1-5,12H,6-10H2,(H,15,17)(H,16,18). The van der Waals surface area contributed by atoms with Gasteiger partial charge < -0.3 is 10.6 Å². The lowest BCUT2D eigenvalue weighted by Crippen LogP contribution is -2.38. The quantitative estimate of drug-likeness (QED) is 0.749. The van der Waals surface area contributed by atoms with Gasteiger partial charge in [0.1, 0.15) is 6.42 Å². The van der Waals surface area contributed by atoms with Crippen molar-refractivity contribution in [1.29, 1.82) is 0 Å². The number of nitrogens with one attached hydrogen (secondary N) is 2. The van der Waals surface area contributed by atoms with E-state index in [1.165, 1.54) is 0 Å². The van der Waals surface area contributed by atoms with Crippen LogP contribution in [-0.2, 0) is 26.0 Å². The van der Waals surface area contributed by atoms with Crippen LogP contribution in [0.15, 0.2) is 30.3 Å². The summed E-state index contributed by atoms with van der Waals surface area (Å²) in [7, 11) is -3.03. The molecule has 1 aliphatic rings. The van der Waals surface area contributed by atoms with Crippen LogP contribution >= 0.6 is 0 Å². The van der Waals surface area contributed by atoms with E-state index in [-0.39, 0.29) is 29.9 Å². The van der Waals surface area contributed by atoms with Crippen molar-refractivity contribution in [2.24, 2.45) is 0 Å². The number of hydrogen-bond acceptors (Lipinski definition) is 4. The highest BCUT2D eigenvalue weighted by molar-refractivity contribution is 7.91. The minimum absolute atomic E-state index is 0.0373. The molecule has 1 aromatic rings. The molecule has 7 heteroatoms. The molecule has 1 atom stereocenters. The van der Waals surface area contributed by atoms with Gasteiger partial charge in [0, 0.05) is 12.6 Å². The van der Waals surface area contributed by atoms with Crippen LogP contribution in [0.2, 0.25) is 0 Å². The topological polar surface area (TPSA) is 92.3 Å². The number of carbonyl (C=O) groups excluding carboxylic acids is 2. The first-order valence-corrected chi connectivity index (χ1v) is 8.57. The van der Waals surface area contributed by atoms with E-state index in [4.69, 9.17) is 0 Å². The molecule has 2 rings (SSSR count). The lowest BCUT2D eigenvalue weighted by Gasteiger charge is -2.10. The Balaban J connectivity index is 1.71. The van der Waals surface area contributed by atoms with Crippen LogP contribution in [0.4, 0.5) is 0 Å². The SMILES string of the molecule is O=C(CC(=O)NC1CCS(=O)(=O)C1)NCc1ccccc1. The van der Waals surface area contributed by atoms with E-state index in [0.717, 1.165) is 5.56 Å². The lowest BCUT2D eigenvalue weighted by molar-refractivity contribution is -0.129. The van der Waals surface area contributed by atoms with Gasteiger partial charge >= 0.3 is 0 Å². The van der Waals surface area contributed by atoms with Crippen molar-refractivity contribution < 1.29 is 18.0 Å². The van der Waals surface area contributed by atoms with Gasteiger partial charge in [-0.25, -0.2) is 8.42 Å². The minimum Gasteiger partial charge on any atom is -0.352 e. The molecule has 114 valence electrons. The van der Waals surface area contributed by atoms with Gasteiger partial charge in [-0.05, 0) is 12.0 Å². The molecule has 1 saturated heterocycles. The molecule has 1 fully saturated rings. The summed E-state index contributed by atoms with van der Waals surface area (Å²) >= 11 is 0. The molecule has 2 amide bonds. The second kappa shape index (κ2) is 6.71. The first-order valence-electron chi connectivity index (χ1n) is 6.75. The second-order valence-corrected chi connectivity index (χ2v) is 7.34. The smallest absolute Gasteiger partial charge is 0.229 e. The first-order chi connectivity index (χ1) is 9.94. The van der Waals surface area contributed by atoms with Crippen LogP contribution in [0.1, 0.15) is 18.4 Å². The molecule has 2 N–H and O–H groups in total. The third kappa shape index (κ3) is 5.18. The fourth-order valence-electron chi connectivity index (χ4n) is 2.19. The molecule has 0 bridgehead atoms. The Kier molecular flexibility index (Phi) is 4.95. The largest absolute Gasteiger partial charge is 0.352 e. The number of carbonyl (C=O) groups is 2. The fourth-order valence-corrected chi connectivity index (χ4v) is 3.87. The molecule has 1 aliphatic heterocycles. The predicted octanol–water partition coefficient (Wildman–Crippen LogP) is -0.00380. The summed E-state index contributed by atoms with van der Waals surface area (Å²) in [5.74, 6) is -0.762. The average Bonchev–Trinajstić information content (AvgIpc) is 2.76. The van der Waals surface area contributed by atoms with Gasteiger partial charge in [0.2, 0.25) is 11.8 Å². The maximum absolute atomic E-state index is 11.7. The van der Waals surface area contributed by atoms with Crippen LogP contribution in [0.5, 0.6) is 0 Å². The average molecular weight is 310 g/mol. The van der Waals surface area contributed by atoms with Crippen molar-refractivity contribution in [2.45, 2.75) is 25.4 Å². The molecule has 0 spiro atoms. The van der Waals surface area contributed by atoms with E-state index >= 15 is 0 Å². The summed E-state index contributed by atoms with van der Waals surface area (Å²) in [5.41, 5.74) is 0.952. The van der Waals surface area contributed by atoms with E-state index in [9.17, 15) is 18.0 Å². The molecular weight excluding hydrogens is 292 g/mol. The van der Waals surface area contributed by atoms with Gasteiger partial charge in [0.05, 0.1) is 11.5 Å². The summed E-state index contributed by atoms with van der Waals surface area (Å²) in [6.45, 7) is 0.366. The van der Waals surface area contributed by atoms with Gasteiger partial charge in [-0.15, -0.1) is 0 Å². The highest BCUT2D eigenvalue weighted by Crippen LogP contribution is 2.11. The summed E-state index contributed by atoms with van der Waals surface area (Å²) in [5, 5.41) is 5.24. The summed E-state index contributed by atoms with van der Waals surface area (Å²) in [6, 6.07) is 9.01. The van der Waals surface area contributed by atoms with Crippen LogP contribution in [-0.4, -0.2) is 37.8 Å². The van der Waals surface area contributed by atoms with Gasteiger partial charge in [0.15, 0.2) is 9.84 Å². The van der Waals surface area contributed by atoms with Crippen molar-refractivity contribution in [3.63, 3.8) is 0 Å². The third-order valence-electron chi connectivity index (χ3n) is 3.25. The molecular formula is C14H18N2O4S. The zero-order valence-corrected chi connectivity index (χ0v) is 12.4. The highest BCUT2D eigenvalue weighted by Gasteiger charge is 2.29. The van der Waals surface area contributed by atoms with E-state index in [0.29, 0.717) is 13.0 Å². The molecule has 1 unspecified atom stereocenters. The summed E-state index contributed by atoms with van der Waals surface area (Å²) in [6.07, 6.45) is 0.128. The third-order valence-corrected chi connectivity index (χ3v) is 5.02. The number of sulfone groups is 1. The van der Waals surface area contributed by atoms with Crippen molar-refractivity contribution >= 4 is 21.7 Å². The molecule has 6 nitrogen and oxygen atoms in total. The molecule has 0 radical (unpaired) electrons. The number of amides is 2. The van der Waals surface area contributed by atoms with Crippen LogP contribution in [0.3, 0.4) is 0 Å². The highest BCUT2D eigenvalue weighted by atomic mass is 32.2. The Morgan fingerprint density at radius 3 is 2.48 bits per heavy atom. The normalized spacial score (nSPS) is 19.9. The van der Waals surface area contributed by atoms with E-state index in [1.807, 2.05) is 30.3 Å². The van der Waals surface area contributed by atoms with Crippen molar-refractivity contribution in [3.05, 3.63) is 35.9 Å². The zero-order chi connectivity index (χ0) is 15.3. The van der Waals surface area contributed by atoms with E-state index in [2.05, 4.69) is 10.6 Å². The molecule has 21 heavy (non-hydrogen) atoms. The molecule has 1 heterocycles. The van der Waals surface area contributed by atoms with Crippen molar-refractivity contribution in [1.82, 2.24) is 10.6 Å². The van der Waals surface area contributed by atoms with Crippen molar-refractivity contribution in [3.8, 4) is 0 Å². The van der Waals surface area contributed by atoms with Crippen molar-refractivity contribution in [2.75, 3.05) is 11.5 Å². The first kappa shape index (κ1) is 15.5. The monoisotopic (exact) mass is 310 g/mol. The van der Waals surface area contributed by atoms with Gasteiger partial charge in [-0.1, -0.05) is 30.3 Å². The summed E-state index contributed by atoms with van der Waals surface area (Å²) < 4.78 is 22.5. The van der Waals surface area contributed by atoms with Crippen LogP contribution < -0.4 is 10.6 Å². The van der Waals surface area contributed by atoms with E-state index < -0.39 is 15.7 Å². The van der Waals surface area contributed by atoms with E-state index in [1.54, 1.807) is 0 Å². The number of rotatable bonds is 5. The lowest BCUT2D eigenvalue weighted by atomic mass is 10.2.